The molecule has 2 fully saturated rings. The Hall–Kier alpha value is -2.69. The van der Waals surface area contributed by atoms with Crippen molar-refractivity contribution in [2.45, 2.75) is 51.5 Å². The molecule has 3 heterocycles. The summed E-state index contributed by atoms with van der Waals surface area (Å²) >= 11 is 0. The van der Waals surface area contributed by atoms with Crippen LogP contribution in [0.15, 0.2) is 48.8 Å². The molecular formula is C25H31N3O2. The molecule has 0 radical (unpaired) electrons. The van der Waals surface area contributed by atoms with Crippen LogP contribution in [0.3, 0.4) is 0 Å². The maximum absolute atomic E-state index is 13.1. The first-order chi connectivity index (χ1) is 14.6. The third-order valence-corrected chi connectivity index (χ3v) is 6.69. The number of rotatable bonds is 5. The molecule has 2 amide bonds. The lowest BCUT2D eigenvalue weighted by Gasteiger charge is -2.47. The van der Waals surface area contributed by atoms with Crippen LogP contribution >= 0.6 is 0 Å². The predicted octanol–water partition coefficient (Wildman–Crippen LogP) is 3.40. The molecule has 2 aliphatic rings. The molecule has 1 aromatic carbocycles. The van der Waals surface area contributed by atoms with Crippen molar-refractivity contribution in [2.24, 2.45) is 5.92 Å². The van der Waals surface area contributed by atoms with E-state index in [4.69, 9.17) is 0 Å². The maximum atomic E-state index is 13.1. The summed E-state index contributed by atoms with van der Waals surface area (Å²) in [6.45, 7) is 4.45. The fourth-order valence-electron chi connectivity index (χ4n) is 4.97. The molecule has 30 heavy (non-hydrogen) atoms. The summed E-state index contributed by atoms with van der Waals surface area (Å²) in [6, 6.07) is 12.3. The van der Waals surface area contributed by atoms with E-state index in [1.807, 2.05) is 35.4 Å². The summed E-state index contributed by atoms with van der Waals surface area (Å²) in [6.07, 6.45) is 8.34. The van der Waals surface area contributed by atoms with Crippen LogP contribution in [0, 0.1) is 12.8 Å². The molecule has 2 aromatic rings. The lowest BCUT2D eigenvalue weighted by molar-refractivity contribution is -0.141. The first kappa shape index (κ1) is 20.6. The number of piperidine rings is 2. The molecule has 2 atom stereocenters. The van der Waals surface area contributed by atoms with Gasteiger partial charge in [-0.15, -0.1) is 0 Å². The number of likely N-dealkylation sites (tertiary alicyclic amines) is 2. The number of pyridine rings is 1. The van der Waals surface area contributed by atoms with Gasteiger partial charge in [0.2, 0.25) is 11.8 Å². The van der Waals surface area contributed by atoms with Gasteiger partial charge in [0.05, 0.1) is 6.42 Å². The molecule has 0 aliphatic carbocycles. The average molecular weight is 406 g/mol. The minimum absolute atomic E-state index is 0.223. The van der Waals surface area contributed by atoms with Gasteiger partial charge >= 0.3 is 0 Å². The SMILES string of the molecule is Cc1ccccc1CC(=O)N1CCC[C@@H]2CN(C(=O)CCc3cccnc3)CC[C@@H]21. The molecule has 0 N–H and O–H groups in total. The number of amides is 2. The number of benzene rings is 1. The standard InChI is InChI=1S/C25H31N3O2/c1-19-6-2-3-8-21(19)16-25(30)28-14-5-9-22-18-27(15-12-23(22)28)24(29)11-10-20-7-4-13-26-17-20/h2-4,6-8,13,17,22-23H,5,9-12,14-16,18H2,1H3/t22-,23+/m1/s1. The molecule has 2 saturated heterocycles. The summed E-state index contributed by atoms with van der Waals surface area (Å²) in [5, 5.41) is 0. The second-order valence-electron chi connectivity index (χ2n) is 8.65. The number of aryl methyl sites for hydroxylation is 2. The number of nitrogens with zero attached hydrogens (tertiary/aromatic N) is 3. The smallest absolute Gasteiger partial charge is 0.227 e. The van der Waals surface area contributed by atoms with Crippen LogP contribution in [0.1, 0.15) is 42.4 Å². The fraction of sp³-hybridized carbons (Fsp3) is 0.480. The molecule has 0 bridgehead atoms. The van der Waals surface area contributed by atoms with E-state index in [9.17, 15) is 9.59 Å². The first-order valence-corrected chi connectivity index (χ1v) is 11.1. The van der Waals surface area contributed by atoms with E-state index >= 15 is 0 Å². The third-order valence-electron chi connectivity index (χ3n) is 6.69. The number of hydrogen-bond acceptors (Lipinski definition) is 3. The summed E-state index contributed by atoms with van der Waals surface area (Å²) in [5.74, 6) is 0.853. The van der Waals surface area contributed by atoms with Crippen molar-refractivity contribution in [2.75, 3.05) is 19.6 Å². The number of aromatic nitrogens is 1. The highest BCUT2D eigenvalue weighted by Gasteiger charge is 2.39. The van der Waals surface area contributed by atoms with Crippen molar-refractivity contribution in [1.29, 1.82) is 0 Å². The highest BCUT2D eigenvalue weighted by Crippen LogP contribution is 2.31. The van der Waals surface area contributed by atoms with Crippen LogP contribution in [0.2, 0.25) is 0 Å². The highest BCUT2D eigenvalue weighted by molar-refractivity contribution is 5.80. The quantitative estimate of drug-likeness (QED) is 0.766. The van der Waals surface area contributed by atoms with Gasteiger partial charge in [0.15, 0.2) is 0 Å². The van der Waals surface area contributed by atoms with E-state index in [1.165, 1.54) is 5.56 Å². The van der Waals surface area contributed by atoms with Crippen molar-refractivity contribution in [3.8, 4) is 0 Å². The van der Waals surface area contributed by atoms with Crippen LogP contribution in [-0.4, -0.2) is 52.3 Å². The molecule has 1 aromatic heterocycles. The summed E-state index contributed by atoms with van der Waals surface area (Å²) in [5.41, 5.74) is 3.40. The molecule has 5 heteroatoms. The van der Waals surface area contributed by atoms with Gasteiger partial charge in [-0.3, -0.25) is 14.6 Å². The van der Waals surface area contributed by atoms with Crippen molar-refractivity contribution in [1.82, 2.24) is 14.8 Å². The van der Waals surface area contributed by atoms with Crippen molar-refractivity contribution >= 4 is 11.8 Å². The molecule has 158 valence electrons. The van der Waals surface area contributed by atoms with E-state index in [1.54, 1.807) is 6.20 Å². The van der Waals surface area contributed by atoms with Gasteiger partial charge in [-0.2, -0.15) is 0 Å². The Bertz CT molecular complexity index is 883. The second kappa shape index (κ2) is 9.41. The molecule has 0 unspecified atom stereocenters. The van der Waals surface area contributed by atoms with Gasteiger partial charge in [0.25, 0.3) is 0 Å². The third kappa shape index (κ3) is 4.72. The van der Waals surface area contributed by atoms with Crippen LogP contribution in [-0.2, 0) is 22.4 Å². The highest BCUT2D eigenvalue weighted by atomic mass is 16.2. The van der Waals surface area contributed by atoms with Gasteiger partial charge in [0, 0.05) is 44.5 Å². The lowest BCUT2D eigenvalue weighted by atomic mass is 9.83. The maximum Gasteiger partial charge on any atom is 0.227 e. The van der Waals surface area contributed by atoms with Crippen molar-refractivity contribution in [3.05, 3.63) is 65.5 Å². The Morgan fingerprint density at radius 1 is 1.07 bits per heavy atom. The number of carbonyl (C=O) groups is 2. The Morgan fingerprint density at radius 2 is 1.93 bits per heavy atom. The monoisotopic (exact) mass is 405 g/mol. The van der Waals surface area contributed by atoms with E-state index < -0.39 is 0 Å². The largest absolute Gasteiger partial charge is 0.342 e. The van der Waals surface area contributed by atoms with Gasteiger partial charge in [-0.05, 0) is 61.3 Å². The number of hydrogen-bond donors (Lipinski definition) is 0. The Labute approximate surface area is 179 Å². The molecule has 0 spiro atoms. The topological polar surface area (TPSA) is 53.5 Å². The Kier molecular flexibility index (Phi) is 6.46. The average Bonchev–Trinajstić information content (AvgIpc) is 2.79. The van der Waals surface area contributed by atoms with Gasteiger partial charge in [-0.1, -0.05) is 30.3 Å². The minimum atomic E-state index is 0.223. The van der Waals surface area contributed by atoms with E-state index in [-0.39, 0.29) is 17.9 Å². The molecule has 4 rings (SSSR count). The van der Waals surface area contributed by atoms with Crippen molar-refractivity contribution in [3.63, 3.8) is 0 Å². The van der Waals surface area contributed by atoms with E-state index in [2.05, 4.69) is 28.9 Å². The first-order valence-electron chi connectivity index (χ1n) is 11.1. The number of fused-ring (bicyclic) bond motifs is 1. The van der Waals surface area contributed by atoms with Gasteiger partial charge < -0.3 is 9.80 Å². The number of carbonyl (C=O) groups excluding carboxylic acids is 2. The summed E-state index contributed by atoms with van der Waals surface area (Å²) < 4.78 is 0. The molecular weight excluding hydrogens is 374 g/mol. The zero-order chi connectivity index (χ0) is 20.9. The summed E-state index contributed by atoms with van der Waals surface area (Å²) in [7, 11) is 0. The van der Waals surface area contributed by atoms with E-state index in [0.717, 1.165) is 56.4 Å². The van der Waals surface area contributed by atoms with E-state index in [0.29, 0.717) is 18.8 Å². The normalized spacial score (nSPS) is 21.2. The Morgan fingerprint density at radius 3 is 2.73 bits per heavy atom. The second-order valence-corrected chi connectivity index (χ2v) is 8.65. The molecule has 0 saturated carbocycles. The fourth-order valence-corrected chi connectivity index (χ4v) is 4.97. The summed E-state index contributed by atoms with van der Waals surface area (Å²) in [4.78, 5) is 34.1. The lowest BCUT2D eigenvalue weighted by Crippen LogP contribution is -2.57. The van der Waals surface area contributed by atoms with Crippen LogP contribution in [0.5, 0.6) is 0 Å². The molecule has 2 aliphatic heterocycles. The zero-order valence-electron chi connectivity index (χ0n) is 17.8. The van der Waals surface area contributed by atoms with Crippen LogP contribution in [0.4, 0.5) is 0 Å². The van der Waals surface area contributed by atoms with Crippen LogP contribution in [0.25, 0.3) is 0 Å². The Balaban J connectivity index is 1.34. The van der Waals surface area contributed by atoms with Crippen molar-refractivity contribution < 1.29 is 9.59 Å². The van der Waals surface area contributed by atoms with Gasteiger partial charge in [-0.25, -0.2) is 0 Å². The van der Waals surface area contributed by atoms with Gasteiger partial charge in [0.1, 0.15) is 0 Å². The predicted molar refractivity (Wildman–Crippen MR) is 117 cm³/mol. The minimum Gasteiger partial charge on any atom is -0.342 e. The molecule has 5 nitrogen and oxygen atoms in total. The zero-order valence-corrected chi connectivity index (χ0v) is 17.8. The van der Waals surface area contributed by atoms with Crippen LogP contribution < -0.4 is 0 Å².